The van der Waals surface area contributed by atoms with E-state index in [1.165, 1.54) is 12.8 Å². The molecule has 0 aliphatic carbocycles. The zero-order valence-electron chi connectivity index (χ0n) is 8.02. The van der Waals surface area contributed by atoms with Crippen LogP contribution in [0.4, 0.5) is 0 Å². The van der Waals surface area contributed by atoms with Gasteiger partial charge in [0.1, 0.15) is 0 Å². The Hall–Kier alpha value is -0.0400. The summed E-state index contributed by atoms with van der Waals surface area (Å²) in [5.74, 6) is 0.849. The van der Waals surface area contributed by atoms with Gasteiger partial charge in [-0.3, -0.25) is 0 Å². The van der Waals surface area contributed by atoms with Gasteiger partial charge in [-0.15, -0.1) is 0 Å². The van der Waals surface area contributed by atoms with Gasteiger partial charge in [0.15, 0.2) is 0 Å². The maximum Gasteiger partial charge on any atom is 0.00609 e. The molecule has 0 amide bonds. The second-order valence-electron chi connectivity index (χ2n) is 3.78. The summed E-state index contributed by atoms with van der Waals surface area (Å²) in [6.07, 6.45) is 2.67. The summed E-state index contributed by atoms with van der Waals surface area (Å²) in [6.45, 7) is 6.84. The minimum atomic E-state index is 0.738. The Morgan fingerprint density at radius 3 is 1.80 bits per heavy atom. The molecule has 0 aromatic carbocycles. The van der Waals surface area contributed by atoms with Crippen molar-refractivity contribution in [2.75, 3.05) is 14.1 Å². The molecule has 1 nitrogen and oxygen atoms in total. The Bertz CT molecular complexity index is 76.8. The predicted octanol–water partition coefficient (Wildman–Crippen LogP) is 2.37. The summed E-state index contributed by atoms with van der Waals surface area (Å²) in [5.41, 5.74) is 0. The molecular weight excluding hydrogens is 122 g/mol. The third-order valence-electron chi connectivity index (χ3n) is 2.04. The van der Waals surface area contributed by atoms with Gasteiger partial charge < -0.3 is 4.90 Å². The molecular formula is C9H21N. The van der Waals surface area contributed by atoms with Crippen LogP contribution in [0.3, 0.4) is 0 Å². The molecule has 0 aromatic heterocycles. The lowest BCUT2D eigenvalue weighted by molar-refractivity contribution is 0.284. The van der Waals surface area contributed by atoms with Crippen molar-refractivity contribution in [1.29, 1.82) is 0 Å². The average Bonchev–Trinajstić information content (AvgIpc) is 1.82. The highest BCUT2D eigenvalue weighted by atomic mass is 15.1. The molecule has 0 saturated carbocycles. The molecule has 1 atom stereocenters. The molecule has 0 spiro atoms. The fraction of sp³-hybridized carbons (Fsp3) is 1.00. The normalized spacial score (nSPS) is 14.7. The van der Waals surface area contributed by atoms with Crippen LogP contribution in [-0.4, -0.2) is 25.0 Å². The highest BCUT2D eigenvalue weighted by Crippen LogP contribution is 2.08. The van der Waals surface area contributed by atoms with Gasteiger partial charge in [-0.1, -0.05) is 13.8 Å². The summed E-state index contributed by atoms with van der Waals surface area (Å²) in [6, 6.07) is 0.738. The lowest BCUT2D eigenvalue weighted by atomic mass is 10.0. The third-order valence-corrected chi connectivity index (χ3v) is 2.04. The Balaban J connectivity index is 3.30. The first-order valence-electron chi connectivity index (χ1n) is 4.20. The standard InChI is InChI=1S/C9H21N/c1-8(2)6-7-9(3)10(4)5/h8-9H,6-7H2,1-5H3/t9-/m1/s1. The van der Waals surface area contributed by atoms with Gasteiger partial charge in [-0.2, -0.15) is 0 Å². The van der Waals surface area contributed by atoms with Crippen LogP contribution in [0.25, 0.3) is 0 Å². The van der Waals surface area contributed by atoms with E-state index in [0.717, 1.165) is 12.0 Å². The lowest BCUT2D eigenvalue weighted by Gasteiger charge is -2.20. The van der Waals surface area contributed by atoms with Crippen molar-refractivity contribution in [3.8, 4) is 0 Å². The molecule has 0 aliphatic heterocycles. The number of hydrogen-bond donors (Lipinski definition) is 0. The van der Waals surface area contributed by atoms with Gasteiger partial charge in [-0.05, 0) is 39.8 Å². The van der Waals surface area contributed by atoms with E-state index in [9.17, 15) is 0 Å². The van der Waals surface area contributed by atoms with E-state index in [1.54, 1.807) is 0 Å². The van der Waals surface area contributed by atoms with E-state index in [4.69, 9.17) is 0 Å². The summed E-state index contributed by atoms with van der Waals surface area (Å²) in [7, 11) is 4.29. The summed E-state index contributed by atoms with van der Waals surface area (Å²) in [5, 5.41) is 0. The molecule has 0 N–H and O–H groups in total. The number of nitrogens with zero attached hydrogens (tertiary/aromatic N) is 1. The van der Waals surface area contributed by atoms with E-state index in [-0.39, 0.29) is 0 Å². The quantitative estimate of drug-likeness (QED) is 0.584. The fourth-order valence-corrected chi connectivity index (χ4v) is 0.833. The van der Waals surface area contributed by atoms with Crippen LogP contribution < -0.4 is 0 Å². The van der Waals surface area contributed by atoms with Crippen molar-refractivity contribution < 1.29 is 0 Å². The van der Waals surface area contributed by atoms with Crippen molar-refractivity contribution in [2.24, 2.45) is 5.92 Å². The van der Waals surface area contributed by atoms with Crippen molar-refractivity contribution in [2.45, 2.75) is 39.7 Å². The number of hydrogen-bond acceptors (Lipinski definition) is 1. The average molecular weight is 143 g/mol. The molecule has 0 bridgehead atoms. The second kappa shape index (κ2) is 4.73. The van der Waals surface area contributed by atoms with E-state index in [2.05, 4.69) is 39.8 Å². The van der Waals surface area contributed by atoms with Gasteiger partial charge in [0.2, 0.25) is 0 Å². The van der Waals surface area contributed by atoms with E-state index in [1.807, 2.05) is 0 Å². The van der Waals surface area contributed by atoms with Crippen LogP contribution in [0.1, 0.15) is 33.6 Å². The second-order valence-corrected chi connectivity index (χ2v) is 3.78. The summed E-state index contributed by atoms with van der Waals surface area (Å²) >= 11 is 0. The SMILES string of the molecule is CC(C)CC[C@@H](C)N(C)C. The molecule has 0 fully saturated rings. The highest BCUT2D eigenvalue weighted by Gasteiger charge is 2.04. The van der Waals surface area contributed by atoms with Gasteiger partial charge >= 0.3 is 0 Å². The van der Waals surface area contributed by atoms with Gasteiger partial charge in [0, 0.05) is 6.04 Å². The largest absolute Gasteiger partial charge is 0.307 e. The highest BCUT2D eigenvalue weighted by molar-refractivity contribution is 4.59. The van der Waals surface area contributed by atoms with Crippen molar-refractivity contribution in [3.05, 3.63) is 0 Å². The maximum absolute atomic E-state index is 2.28. The third kappa shape index (κ3) is 4.80. The van der Waals surface area contributed by atoms with Gasteiger partial charge in [-0.25, -0.2) is 0 Å². The van der Waals surface area contributed by atoms with E-state index < -0.39 is 0 Å². The monoisotopic (exact) mass is 143 g/mol. The zero-order chi connectivity index (χ0) is 8.15. The first kappa shape index (κ1) is 9.96. The molecule has 0 heterocycles. The van der Waals surface area contributed by atoms with Crippen LogP contribution in [0.5, 0.6) is 0 Å². The topological polar surface area (TPSA) is 3.24 Å². The minimum absolute atomic E-state index is 0.738. The van der Waals surface area contributed by atoms with Crippen LogP contribution in [0, 0.1) is 5.92 Å². The Kier molecular flexibility index (Phi) is 4.71. The van der Waals surface area contributed by atoms with Gasteiger partial charge in [0.25, 0.3) is 0 Å². The minimum Gasteiger partial charge on any atom is -0.307 e. The van der Waals surface area contributed by atoms with Gasteiger partial charge in [0.05, 0.1) is 0 Å². The fourth-order valence-electron chi connectivity index (χ4n) is 0.833. The molecule has 0 unspecified atom stereocenters. The molecule has 0 aromatic rings. The predicted molar refractivity (Wildman–Crippen MR) is 47.2 cm³/mol. The number of rotatable bonds is 4. The molecule has 62 valence electrons. The molecule has 0 saturated heterocycles. The maximum atomic E-state index is 2.28. The molecule has 0 radical (unpaired) electrons. The summed E-state index contributed by atoms with van der Waals surface area (Å²) in [4.78, 5) is 2.28. The summed E-state index contributed by atoms with van der Waals surface area (Å²) < 4.78 is 0. The Morgan fingerprint density at radius 2 is 1.50 bits per heavy atom. The van der Waals surface area contributed by atoms with Crippen LogP contribution >= 0.6 is 0 Å². The zero-order valence-corrected chi connectivity index (χ0v) is 8.02. The molecule has 0 rings (SSSR count). The van der Waals surface area contributed by atoms with Crippen LogP contribution in [0.2, 0.25) is 0 Å². The molecule has 10 heavy (non-hydrogen) atoms. The Morgan fingerprint density at radius 1 is 1.00 bits per heavy atom. The first-order valence-corrected chi connectivity index (χ1v) is 4.20. The lowest BCUT2D eigenvalue weighted by Crippen LogP contribution is -2.24. The van der Waals surface area contributed by atoms with Crippen LogP contribution in [-0.2, 0) is 0 Å². The van der Waals surface area contributed by atoms with Crippen molar-refractivity contribution in [1.82, 2.24) is 4.90 Å². The van der Waals surface area contributed by atoms with Crippen LogP contribution in [0.15, 0.2) is 0 Å². The van der Waals surface area contributed by atoms with E-state index in [0.29, 0.717) is 0 Å². The first-order chi connectivity index (χ1) is 4.54. The van der Waals surface area contributed by atoms with E-state index >= 15 is 0 Å². The Labute approximate surface area is 65.4 Å². The van der Waals surface area contributed by atoms with Crippen molar-refractivity contribution in [3.63, 3.8) is 0 Å². The van der Waals surface area contributed by atoms with Crippen molar-refractivity contribution >= 4 is 0 Å². The molecule has 0 aliphatic rings. The smallest absolute Gasteiger partial charge is 0.00609 e. The molecule has 1 heteroatoms.